The van der Waals surface area contributed by atoms with Gasteiger partial charge in [0.2, 0.25) is 5.91 Å². The fourth-order valence-corrected chi connectivity index (χ4v) is 1.49. The van der Waals surface area contributed by atoms with Crippen molar-refractivity contribution >= 4 is 11.9 Å². The molecule has 104 valence electrons. The molecule has 0 spiro atoms. The summed E-state index contributed by atoms with van der Waals surface area (Å²) >= 11 is 0. The van der Waals surface area contributed by atoms with Gasteiger partial charge < -0.3 is 10.1 Å². The molecule has 1 aromatic rings. The molecule has 0 aromatic heterocycles. The number of hydrogen-bond donors (Lipinski definition) is 1. The van der Waals surface area contributed by atoms with E-state index in [9.17, 15) is 9.59 Å². The van der Waals surface area contributed by atoms with Crippen LogP contribution in [0.5, 0.6) is 5.75 Å². The van der Waals surface area contributed by atoms with Crippen LogP contribution in [0.2, 0.25) is 0 Å². The topological polar surface area (TPSA) is 55.4 Å². The summed E-state index contributed by atoms with van der Waals surface area (Å²) in [5.74, 6) is -0.0342. The van der Waals surface area contributed by atoms with Crippen LogP contribution in [0.15, 0.2) is 24.3 Å². The van der Waals surface area contributed by atoms with E-state index in [2.05, 4.69) is 5.32 Å². The van der Waals surface area contributed by atoms with Gasteiger partial charge in [-0.2, -0.15) is 0 Å². The maximum atomic E-state index is 11.6. The average molecular weight is 263 g/mol. The Labute approximate surface area is 114 Å². The summed E-state index contributed by atoms with van der Waals surface area (Å²) in [6, 6.07) is 7.22. The molecule has 1 rings (SSSR count). The number of amides is 1. The number of esters is 1. The van der Waals surface area contributed by atoms with Gasteiger partial charge in [0, 0.05) is 12.0 Å². The number of carbonyl (C=O) groups excluding carboxylic acids is 2. The van der Waals surface area contributed by atoms with E-state index in [0.717, 1.165) is 5.56 Å². The van der Waals surface area contributed by atoms with Crippen molar-refractivity contribution in [3.8, 4) is 5.75 Å². The van der Waals surface area contributed by atoms with Crippen LogP contribution in [-0.2, 0) is 9.59 Å². The minimum Gasteiger partial charge on any atom is -0.427 e. The molecule has 4 heteroatoms. The van der Waals surface area contributed by atoms with E-state index in [4.69, 9.17) is 4.74 Å². The predicted molar refractivity (Wildman–Crippen MR) is 73.9 cm³/mol. The lowest BCUT2D eigenvalue weighted by Gasteiger charge is -2.20. The van der Waals surface area contributed by atoms with Crippen molar-refractivity contribution in [3.05, 3.63) is 29.8 Å². The largest absolute Gasteiger partial charge is 0.427 e. The number of ether oxygens (including phenoxy) is 1. The van der Waals surface area contributed by atoms with Crippen molar-refractivity contribution < 1.29 is 14.3 Å². The second-order valence-corrected chi connectivity index (χ2v) is 5.59. The number of aryl methyl sites for hydroxylation is 1. The molecule has 0 radical (unpaired) electrons. The summed E-state index contributed by atoms with van der Waals surface area (Å²) in [6.45, 7) is 7.66. The number of hydrogen-bond acceptors (Lipinski definition) is 3. The van der Waals surface area contributed by atoms with Gasteiger partial charge in [-0.15, -0.1) is 0 Å². The smallest absolute Gasteiger partial charge is 0.311 e. The van der Waals surface area contributed by atoms with Gasteiger partial charge in [-0.05, 0) is 39.8 Å². The predicted octanol–water partition coefficient (Wildman–Crippen LogP) is 2.60. The van der Waals surface area contributed by atoms with Crippen molar-refractivity contribution in [2.75, 3.05) is 0 Å². The molecule has 0 heterocycles. The van der Waals surface area contributed by atoms with Crippen LogP contribution in [0.25, 0.3) is 0 Å². The number of carbonyl (C=O) groups is 2. The van der Waals surface area contributed by atoms with Crippen LogP contribution in [0, 0.1) is 6.92 Å². The molecule has 0 bridgehead atoms. The first-order chi connectivity index (χ1) is 8.76. The Balaban J connectivity index is 2.36. The molecule has 0 fully saturated rings. The maximum absolute atomic E-state index is 11.6. The molecular formula is C15H21NO3. The molecular weight excluding hydrogens is 242 g/mol. The van der Waals surface area contributed by atoms with Crippen LogP contribution in [0.1, 0.15) is 39.2 Å². The zero-order valence-corrected chi connectivity index (χ0v) is 11.9. The van der Waals surface area contributed by atoms with Gasteiger partial charge in [0.1, 0.15) is 5.75 Å². The Hall–Kier alpha value is -1.84. The third-order valence-electron chi connectivity index (χ3n) is 2.32. The van der Waals surface area contributed by atoms with Crippen LogP contribution in [0.3, 0.4) is 0 Å². The minimum atomic E-state index is -0.395. The Morgan fingerprint density at radius 3 is 2.21 bits per heavy atom. The summed E-state index contributed by atoms with van der Waals surface area (Å²) in [5.41, 5.74) is 0.821. The summed E-state index contributed by atoms with van der Waals surface area (Å²) < 4.78 is 5.13. The second kappa shape index (κ2) is 6.36. The monoisotopic (exact) mass is 263 g/mol. The van der Waals surface area contributed by atoms with Gasteiger partial charge in [0.05, 0.1) is 6.42 Å². The van der Waals surface area contributed by atoms with E-state index < -0.39 is 5.97 Å². The Kier molecular flexibility index (Phi) is 5.10. The summed E-state index contributed by atoms with van der Waals surface area (Å²) in [5, 5.41) is 2.80. The van der Waals surface area contributed by atoms with Gasteiger partial charge in [-0.25, -0.2) is 0 Å². The second-order valence-electron chi connectivity index (χ2n) is 5.59. The van der Waals surface area contributed by atoms with Gasteiger partial charge in [0.25, 0.3) is 0 Å². The Morgan fingerprint density at radius 1 is 1.11 bits per heavy atom. The number of nitrogens with one attached hydrogen (secondary N) is 1. The summed E-state index contributed by atoms with van der Waals surface area (Å²) in [4.78, 5) is 23.1. The van der Waals surface area contributed by atoms with Gasteiger partial charge in [-0.1, -0.05) is 17.7 Å². The highest BCUT2D eigenvalue weighted by Gasteiger charge is 2.15. The van der Waals surface area contributed by atoms with Crippen molar-refractivity contribution in [2.24, 2.45) is 0 Å². The molecule has 0 aliphatic rings. The van der Waals surface area contributed by atoms with E-state index in [0.29, 0.717) is 5.75 Å². The zero-order valence-electron chi connectivity index (χ0n) is 11.9. The molecule has 19 heavy (non-hydrogen) atoms. The summed E-state index contributed by atoms with van der Waals surface area (Å²) in [7, 11) is 0. The first-order valence-corrected chi connectivity index (χ1v) is 6.34. The Morgan fingerprint density at radius 2 is 1.68 bits per heavy atom. The highest BCUT2D eigenvalue weighted by atomic mass is 16.5. The van der Waals surface area contributed by atoms with Gasteiger partial charge >= 0.3 is 5.97 Å². The molecule has 0 aliphatic carbocycles. The first-order valence-electron chi connectivity index (χ1n) is 6.34. The van der Waals surface area contributed by atoms with Crippen LogP contribution < -0.4 is 10.1 Å². The standard InChI is InChI=1S/C15H21NO3/c1-11-5-7-12(8-6-11)19-14(18)10-9-13(17)16-15(2,3)4/h5-8H,9-10H2,1-4H3,(H,16,17). The number of rotatable bonds is 4. The van der Waals surface area contributed by atoms with E-state index >= 15 is 0 Å². The molecule has 1 N–H and O–H groups in total. The minimum absolute atomic E-state index is 0.0792. The van der Waals surface area contributed by atoms with E-state index in [1.807, 2.05) is 39.8 Å². The fraction of sp³-hybridized carbons (Fsp3) is 0.467. The highest BCUT2D eigenvalue weighted by Crippen LogP contribution is 2.12. The summed E-state index contributed by atoms with van der Waals surface area (Å²) in [6.07, 6.45) is 0.220. The van der Waals surface area contributed by atoms with E-state index in [1.165, 1.54) is 0 Å². The molecule has 0 atom stereocenters. The Bertz CT molecular complexity index is 443. The third kappa shape index (κ3) is 6.60. The molecule has 0 saturated heterocycles. The molecule has 4 nitrogen and oxygen atoms in total. The SMILES string of the molecule is Cc1ccc(OC(=O)CCC(=O)NC(C)(C)C)cc1. The highest BCUT2D eigenvalue weighted by molar-refractivity contribution is 5.82. The van der Waals surface area contributed by atoms with Crippen molar-refractivity contribution in [1.29, 1.82) is 0 Å². The van der Waals surface area contributed by atoms with Crippen LogP contribution in [-0.4, -0.2) is 17.4 Å². The molecule has 0 saturated carbocycles. The van der Waals surface area contributed by atoms with Crippen LogP contribution >= 0.6 is 0 Å². The van der Waals surface area contributed by atoms with E-state index in [1.54, 1.807) is 12.1 Å². The zero-order chi connectivity index (χ0) is 14.5. The first kappa shape index (κ1) is 15.2. The average Bonchev–Trinajstić information content (AvgIpc) is 2.27. The van der Waals surface area contributed by atoms with Crippen molar-refractivity contribution in [3.63, 3.8) is 0 Å². The lowest BCUT2D eigenvalue weighted by Crippen LogP contribution is -2.40. The third-order valence-corrected chi connectivity index (χ3v) is 2.32. The van der Waals surface area contributed by atoms with E-state index in [-0.39, 0.29) is 24.3 Å². The molecule has 0 unspecified atom stereocenters. The molecule has 1 aromatic carbocycles. The lowest BCUT2D eigenvalue weighted by molar-refractivity contribution is -0.136. The van der Waals surface area contributed by atoms with Gasteiger partial charge in [0.15, 0.2) is 0 Å². The van der Waals surface area contributed by atoms with Crippen LogP contribution in [0.4, 0.5) is 0 Å². The quantitative estimate of drug-likeness (QED) is 0.671. The fourth-order valence-electron chi connectivity index (χ4n) is 1.49. The lowest BCUT2D eigenvalue weighted by atomic mass is 10.1. The van der Waals surface area contributed by atoms with Crippen molar-refractivity contribution in [1.82, 2.24) is 5.32 Å². The van der Waals surface area contributed by atoms with Gasteiger partial charge in [-0.3, -0.25) is 9.59 Å². The van der Waals surface area contributed by atoms with Crippen molar-refractivity contribution in [2.45, 2.75) is 46.1 Å². The maximum Gasteiger partial charge on any atom is 0.311 e. The molecule has 0 aliphatic heterocycles. The molecule has 1 amide bonds. The number of benzene rings is 1. The normalized spacial score (nSPS) is 10.9.